The number of benzene rings is 1. The minimum Gasteiger partial charge on any atom is -0.455 e. The van der Waals surface area contributed by atoms with Gasteiger partial charge in [0, 0.05) is 11.3 Å². The molecule has 1 saturated heterocycles. The molecule has 18 heavy (non-hydrogen) atoms. The van der Waals surface area contributed by atoms with Crippen molar-refractivity contribution in [2.45, 2.75) is 18.9 Å². The Balaban J connectivity index is 1.91. The lowest BCUT2D eigenvalue weighted by molar-refractivity contribution is 0.0921. The number of hydrogen-bond acceptors (Lipinski definition) is 3. The van der Waals surface area contributed by atoms with Gasteiger partial charge in [0.2, 0.25) is 0 Å². The highest BCUT2D eigenvalue weighted by Crippen LogP contribution is 2.35. The maximum absolute atomic E-state index is 13.5. The summed E-state index contributed by atoms with van der Waals surface area (Å²) in [5, 5.41) is 11.0. The van der Waals surface area contributed by atoms with Crippen molar-refractivity contribution in [1.29, 1.82) is 0 Å². The maximum atomic E-state index is 13.5. The monoisotopic (exact) mass is 266 g/mol. The second-order valence-corrected chi connectivity index (χ2v) is 5.88. The minimum atomic E-state index is -0.621. The molecule has 2 unspecified atom stereocenters. The van der Waals surface area contributed by atoms with Crippen molar-refractivity contribution >= 4 is 22.7 Å². The zero-order valence-electron chi connectivity index (χ0n) is 9.93. The van der Waals surface area contributed by atoms with Crippen LogP contribution in [0.3, 0.4) is 0 Å². The molecule has 3 rings (SSSR count). The molecule has 4 heteroatoms. The van der Waals surface area contributed by atoms with E-state index in [1.807, 2.05) is 11.8 Å². The number of halogens is 1. The molecule has 2 nitrogen and oxygen atoms in total. The second kappa shape index (κ2) is 4.94. The van der Waals surface area contributed by atoms with E-state index in [2.05, 4.69) is 0 Å². The number of para-hydroxylation sites is 1. The molecule has 96 valence electrons. The van der Waals surface area contributed by atoms with Gasteiger partial charge in [-0.2, -0.15) is 11.8 Å². The smallest absolute Gasteiger partial charge is 0.170 e. The van der Waals surface area contributed by atoms with Gasteiger partial charge in [0.05, 0.1) is 0 Å². The molecule has 0 bridgehead atoms. The lowest BCUT2D eigenvalue weighted by atomic mass is 9.97. The first-order valence-electron chi connectivity index (χ1n) is 6.19. The summed E-state index contributed by atoms with van der Waals surface area (Å²) in [5.74, 6) is 2.44. The number of furan rings is 1. The Morgan fingerprint density at radius 3 is 3.06 bits per heavy atom. The summed E-state index contributed by atoms with van der Waals surface area (Å²) in [6, 6.07) is 6.58. The number of rotatable bonds is 2. The average Bonchev–Trinajstić information content (AvgIpc) is 2.84. The molecule has 1 aliphatic rings. The Morgan fingerprint density at radius 1 is 1.44 bits per heavy atom. The van der Waals surface area contributed by atoms with Gasteiger partial charge in [0.25, 0.3) is 0 Å². The molecule has 0 spiro atoms. The van der Waals surface area contributed by atoms with Gasteiger partial charge in [-0.1, -0.05) is 12.1 Å². The summed E-state index contributed by atoms with van der Waals surface area (Å²) in [7, 11) is 0. The van der Waals surface area contributed by atoms with E-state index in [-0.39, 0.29) is 17.3 Å². The summed E-state index contributed by atoms with van der Waals surface area (Å²) < 4.78 is 19.0. The first kappa shape index (κ1) is 12.1. The second-order valence-electron chi connectivity index (χ2n) is 4.73. The normalized spacial score (nSPS) is 22.2. The van der Waals surface area contributed by atoms with Crippen molar-refractivity contribution in [1.82, 2.24) is 0 Å². The van der Waals surface area contributed by atoms with E-state index >= 15 is 0 Å². The minimum absolute atomic E-state index is 0.215. The van der Waals surface area contributed by atoms with Crippen LogP contribution in [-0.2, 0) is 0 Å². The maximum Gasteiger partial charge on any atom is 0.170 e. The lowest BCUT2D eigenvalue weighted by Crippen LogP contribution is -2.18. The number of thioether (sulfide) groups is 1. The molecule has 0 amide bonds. The Morgan fingerprint density at radius 2 is 2.33 bits per heavy atom. The summed E-state index contributed by atoms with van der Waals surface area (Å²) >= 11 is 1.86. The molecule has 0 saturated carbocycles. The van der Waals surface area contributed by atoms with Crippen LogP contribution in [0.1, 0.15) is 24.7 Å². The number of hydrogen-bond donors (Lipinski definition) is 1. The topological polar surface area (TPSA) is 33.4 Å². The number of aliphatic hydroxyl groups is 1. The van der Waals surface area contributed by atoms with Crippen molar-refractivity contribution in [3.8, 4) is 0 Å². The van der Waals surface area contributed by atoms with Crippen LogP contribution in [0.25, 0.3) is 11.0 Å². The van der Waals surface area contributed by atoms with E-state index in [0.717, 1.165) is 24.3 Å². The van der Waals surface area contributed by atoms with Crippen LogP contribution in [0, 0.1) is 11.7 Å². The standard InChI is InChI=1S/C14H15FO2S/c15-11-5-1-3-9-7-12(17-14(9)11)13(16)10-4-2-6-18-8-10/h1,3,5,7,10,13,16H,2,4,6,8H2. The molecule has 1 aliphatic heterocycles. The molecule has 0 radical (unpaired) electrons. The SMILES string of the molecule is OC(c1cc2cccc(F)c2o1)C1CCCSC1. The van der Waals surface area contributed by atoms with Gasteiger partial charge in [-0.05, 0) is 36.5 Å². The first-order valence-corrected chi connectivity index (χ1v) is 7.35. The van der Waals surface area contributed by atoms with Gasteiger partial charge in [-0.15, -0.1) is 0 Å². The molecule has 2 atom stereocenters. The Kier molecular flexibility index (Phi) is 3.31. The third-order valence-corrected chi connectivity index (χ3v) is 4.69. The quantitative estimate of drug-likeness (QED) is 0.898. The van der Waals surface area contributed by atoms with Crippen LogP contribution in [0.15, 0.2) is 28.7 Å². The van der Waals surface area contributed by atoms with E-state index in [0.29, 0.717) is 11.1 Å². The fourth-order valence-corrected chi connectivity index (χ4v) is 3.63. The van der Waals surface area contributed by atoms with E-state index in [1.54, 1.807) is 18.2 Å². The molecular weight excluding hydrogens is 251 g/mol. The van der Waals surface area contributed by atoms with Crippen LogP contribution in [0.5, 0.6) is 0 Å². The third kappa shape index (κ3) is 2.15. The van der Waals surface area contributed by atoms with Crippen LogP contribution >= 0.6 is 11.8 Å². The van der Waals surface area contributed by atoms with Crippen molar-refractivity contribution in [2.75, 3.05) is 11.5 Å². The molecule has 1 aromatic heterocycles. The van der Waals surface area contributed by atoms with Crippen molar-refractivity contribution in [2.24, 2.45) is 5.92 Å². The fourth-order valence-electron chi connectivity index (χ4n) is 2.44. The summed E-state index contributed by atoms with van der Waals surface area (Å²) in [6.45, 7) is 0. The van der Waals surface area contributed by atoms with Gasteiger partial charge >= 0.3 is 0 Å². The highest BCUT2D eigenvalue weighted by molar-refractivity contribution is 7.99. The molecule has 1 aromatic carbocycles. The molecule has 0 aliphatic carbocycles. The number of fused-ring (bicyclic) bond motifs is 1. The van der Waals surface area contributed by atoms with Crippen molar-refractivity contribution in [3.05, 3.63) is 35.8 Å². The zero-order chi connectivity index (χ0) is 12.5. The van der Waals surface area contributed by atoms with Crippen molar-refractivity contribution in [3.63, 3.8) is 0 Å². The van der Waals surface area contributed by atoms with E-state index in [1.165, 1.54) is 6.07 Å². The molecule has 1 N–H and O–H groups in total. The molecular formula is C14H15FO2S. The van der Waals surface area contributed by atoms with Gasteiger partial charge in [-0.3, -0.25) is 0 Å². The molecule has 1 fully saturated rings. The lowest BCUT2D eigenvalue weighted by Gasteiger charge is -2.24. The first-order chi connectivity index (χ1) is 8.75. The predicted octanol–water partition coefficient (Wildman–Crippen LogP) is 3.75. The van der Waals surface area contributed by atoms with E-state index in [9.17, 15) is 9.50 Å². The largest absolute Gasteiger partial charge is 0.455 e. The molecule has 2 aromatic rings. The van der Waals surface area contributed by atoms with Crippen molar-refractivity contribution < 1.29 is 13.9 Å². The predicted molar refractivity (Wildman–Crippen MR) is 71.2 cm³/mol. The van der Waals surface area contributed by atoms with Crippen LogP contribution in [0.2, 0.25) is 0 Å². The highest BCUT2D eigenvalue weighted by Gasteiger charge is 2.26. The average molecular weight is 266 g/mol. The van der Waals surface area contributed by atoms with E-state index < -0.39 is 6.10 Å². The van der Waals surface area contributed by atoms with Crippen LogP contribution in [-0.4, -0.2) is 16.6 Å². The number of aliphatic hydroxyl groups excluding tert-OH is 1. The highest BCUT2D eigenvalue weighted by atomic mass is 32.2. The van der Waals surface area contributed by atoms with E-state index in [4.69, 9.17) is 4.42 Å². The van der Waals surface area contributed by atoms with Gasteiger partial charge < -0.3 is 9.52 Å². The Bertz CT molecular complexity index is 546. The zero-order valence-corrected chi connectivity index (χ0v) is 10.8. The van der Waals surface area contributed by atoms with Crippen LogP contribution in [0.4, 0.5) is 4.39 Å². The summed E-state index contributed by atoms with van der Waals surface area (Å²) in [4.78, 5) is 0. The van der Waals surface area contributed by atoms with Gasteiger partial charge in [0.1, 0.15) is 11.9 Å². The summed E-state index contributed by atoms with van der Waals surface area (Å²) in [5.41, 5.74) is 0.245. The van der Waals surface area contributed by atoms with Gasteiger partial charge in [-0.25, -0.2) is 4.39 Å². The van der Waals surface area contributed by atoms with Crippen LogP contribution < -0.4 is 0 Å². The Labute approximate surface area is 109 Å². The fraction of sp³-hybridized carbons (Fsp3) is 0.429. The third-order valence-electron chi connectivity index (χ3n) is 3.45. The Hall–Kier alpha value is -1.000. The molecule has 2 heterocycles. The van der Waals surface area contributed by atoms with Gasteiger partial charge in [0.15, 0.2) is 11.4 Å². The summed E-state index contributed by atoms with van der Waals surface area (Å²) in [6.07, 6.45) is 1.51.